The first-order valence-corrected chi connectivity index (χ1v) is 12.0. The van der Waals surface area contributed by atoms with Gasteiger partial charge in [-0.05, 0) is 48.0 Å². The molecular formula is C24H21ClF3NO5S. The maximum atomic E-state index is 13.1. The molecule has 0 radical (unpaired) electrons. The number of alkyl halides is 3. The molecule has 0 saturated heterocycles. The summed E-state index contributed by atoms with van der Waals surface area (Å²) in [5.41, 5.74) is -0.286. The number of hydrogen-bond acceptors (Lipinski definition) is 5. The van der Waals surface area contributed by atoms with E-state index < -0.39 is 26.8 Å². The Morgan fingerprint density at radius 3 is 2.40 bits per heavy atom. The number of carbonyl (C=O) groups is 1. The molecule has 0 unspecified atom stereocenters. The molecule has 0 aliphatic carbocycles. The highest BCUT2D eigenvalue weighted by atomic mass is 35.5. The Hall–Kier alpha value is -3.08. The summed E-state index contributed by atoms with van der Waals surface area (Å²) in [6.45, 7) is 0.554. The van der Waals surface area contributed by atoms with Crippen molar-refractivity contribution in [3.05, 3.63) is 94.5 Å². The van der Waals surface area contributed by atoms with Crippen LogP contribution in [0.1, 0.15) is 21.5 Å². The summed E-state index contributed by atoms with van der Waals surface area (Å²) >= 11 is 6.16. The van der Waals surface area contributed by atoms with Crippen LogP contribution in [0.3, 0.4) is 0 Å². The summed E-state index contributed by atoms with van der Waals surface area (Å²) in [7, 11) is -3.05. The minimum absolute atomic E-state index is 0.0776. The molecule has 35 heavy (non-hydrogen) atoms. The van der Waals surface area contributed by atoms with Gasteiger partial charge in [0, 0.05) is 20.2 Å². The van der Waals surface area contributed by atoms with Crippen LogP contribution in [0.4, 0.5) is 13.2 Å². The first-order valence-electron chi connectivity index (χ1n) is 10.2. The number of benzene rings is 3. The zero-order valence-electron chi connectivity index (χ0n) is 18.5. The predicted molar refractivity (Wildman–Crippen MR) is 124 cm³/mol. The quantitative estimate of drug-likeness (QED) is 0.348. The zero-order valence-corrected chi connectivity index (χ0v) is 20.0. The van der Waals surface area contributed by atoms with E-state index in [0.29, 0.717) is 17.2 Å². The first kappa shape index (κ1) is 26.5. The number of rotatable bonds is 9. The van der Waals surface area contributed by atoms with Gasteiger partial charge in [0.1, 0.15) is 10.6 Å². The van der Waals surface area contributed by atoms with Crippen LogP contribution in [0.15, 0.2) is 77.7 Å². The van der Waals surface area contributed by atoms with E-state index in [9.17, 15) is 26.4 Å². The van der Waals surface area contributed by atoms with Crippen molar-refractivity contribution in [2.75, 3.05) is 20.3 Å². The van der Waals surface area contributed by atoms with Gasteiger partial charge < -0.3 is 13.8 Å². The standard InChI is InChI=1S/C24H21ClF3NO5S/c1-33-13-12-29(23(30)21-10-2-3-11-22(21)25)16-17-6-4-8-19(14-17)34-35(31,32)20-9-5-7-18(15-20)24(26,27)28/h2-11,14-15H,12-13,16H2,1H3. The minimum atomic E-state index is -4.70. The van der Waals surface area contributed by atoms with E-state index in [-0.39, 0.29) is 36.4 Å². The topological polar surface area (TPSA) is 72.9 Å². The normalized spacial score (nSPS) is 11.8. The maximum absolute atomic E-state index is 13.1. The lowest BCUT2D eigenvalue weighted by atomic mass is 10.1. The van der Waals surface area contributed by atoms with E-state index in [0.717, 1.165) is 18.2 Å². The molecule has 6 nitrogen and oxygen atoms in total. The number of methoxy groups -OCH3 is 1. The Morgan fingerprint density at radius 2 is 1.71 bits per heavy atom. The second-order valence-corrected chi connectivity index (χ2v) is 9.36. The molecule has 0 atom stereocenters. The molecule has 0 N–H and O–H groups in total. The van der Waals surface area contributed by atoms with E-state index >= 15 is 0 Å². The summed E-state index contributed by atoms with van der Waals surface area (Å²) in [5.74, 6) is -0.465. The highest BCUT2D eigenvalue weighted by Crippen LogP contribution is 2.31. The van der Waals surface area contributed by atoms with E-state index in [1.807, 2.05) is 0 Å². The Labute approximate surface area is 206 Å². The number of halogens is 4. The van der Waals surface area contributed by atoms with Gasteiger partial charge in [-0.25, -0.2) is 0 Å². The zero-order chi connectivity index (χ0) is 25.6. The van der Waals surface area contributed by atoms with Gasteiger partial charge >= 0.3 is 16.3 Å². The SMILES string of the molecule is COCCN(Cc1cccc(OS(=O)(=O)c2cccc(C(F)(F)F)c2)c1)C(=O)c1ccccc1Cl. The lowest BCUT2D eigenvalue weighted by Crippen LogP contribution is -2.33. The molecule has 0 aliphatic rings. The predicted octanol–water partition coefficient (Wildman–Crippen LogP) is 5.42. The third-order valence-corrected chi connectivity index (χ3v) is 6.46. The molecule has 0 aromatic heterocycles. The molecule has 0 fully saturated rings. The fourth-order valence-corrected chi connectivity index (χ4v) is 4.36. The smallest absolute Gasteiger partial charge is 0.383 e. The summed E-state index contributed by atoms with van der Waals surface area (Å²) < 4.78 is 74.3. The molecule has 0 bridgehead atoms. The molecular weight excluding hydrogens is 507 g/mol. The molecule has 3 rings (SSSR count). The van der Waals surface area contributed by atoms with Crippen molar-refractivity contribution in [3.63, 3.8) is 0 Å². The monoisotopic (exact) mass is 527 g/mol. The van der Waals surface area contributed by atoms with E-state index in [4.69, 9.17) is 20.5 Å². The molecule has 186 valence electrons. The fraction of sp³-hybridized carbons (Fsp3) is 0.208. The Bertz CT molecular complexity index is 1300. The van der Waals surface area contributed by atoms with Gasteiger partial charge in [-0.15, -0.1) is 0 Å². The summed E-state index contributed by atoms with van der Waals surface area (Å²) in [6.07, 6.45) is -4.70. The van der Waals surface area contributed by atoms with Crippen molar-refractivity contribution in [1.29, 1.82) is 0 Å². The van der Waals surface area contributed by atoms with Crippen molar-refractivity contribution in [2.24, 2.45) is 0 Å². The number of ether oxygens (including phenoxy) is 1. The van der Waals surface area contributed by atoms with Crippen LogP contribution in [0.25, 0.3) is 0 Å². The molecule has 11 heteroatoms. The van der Waals surface area contributed by atoms with Gasteiger partial charge in [0.05, 0.1) is 22.8 Å². The first-order chi connectivity index (χ1) is 16.5. The molecule has 3 aromatic carbocycles. The van der Waals surface area contributed by atoms with Crippen LogP contribution in [0, 0.1) is 0 Å². The lowest BCUT2D eigenvalue weighted by Gasteiger charge is -2.23. The Balaban J connectivity index is 1.83. The van der Waals surface area contributed by atoms with Crippen LogP contribution in [0.5, 0.6) is 5.75 Å². The molecule has 0 saturated carbocycles. The second-order valence-electron chi connectivity index (χ2n) is 7.41. The number of hydrogen-bond donors (Lipinski definition) is 0. The van der Waals surface area contributed by atoms with E-state index in [1.54, 1.807) is 30.3 Å². The van der Waals surface area contributed by atoms with Crippen molar-refractivity contribution in [1.82, 2.24) is 4.90 Å². The van der Waals surface area contributed by atoms with Crippen molar-refractivity contribution in [2.45, 2.75) is 17.6 Å². The minimum Gasteiger partial charge on any atom is -0.383 e. The second kappa shape index (κ2) is 11.1. The lowest BCUT2D eigenvalue weighted by molar-refractivity contribution is -0.137. The van der Waals surface area contributed by atoms with Crippen LogP contribution in [0.2, 0.25) is 5.02 Å². The van der Waals surface area contributed by atoms with Gasteiger partial charge in [-0.1, -0.05) is 41.9 Å². The number of carbonyl (C=O) groups excluding carboxylic acids is 1. The molecule has 3 aromatic rings. The van der Waals surface area contributed by atoms with Gasteiger partial charge in [0.2, 0.25) is 0 Å². The fourth-order valence-electron chi connectivity index (χ4n) is 3.18. The highest BCUT2D eigenvalue weighted by Gasteiger charge is 2.32. The molecule has 0 spiro atoms. The van der Waals surface area contributed by atoms with Gasteiger partial charge in [0.25, 0.3) is 5.91 Å². The highest BCUT2D eigenvalue weighted by molar-refractivity contribution is 7.87. The van der Waals surface area contributed by atoms with Crippen molar-refractivity contribution in [3.8, 4) is 5.75 Å². The maximum Gasteiger partial charge on any atom is 0.416 e. The average molecular weight is 528 g/mol. The summed E-state index contributed by atoms with van der Waals surface area (Å²) in [5, 5.41) is 0.282. The molecule has 1 amide bonds. The van der Waals surface area contributed by atoms with E-state index in [2.05, 4.69) is 0 Å². The average Bonchev–Trinajstić information content (AvgIpc) is 2.81. The van der Waals surface area contributed by atoms with Crippen LogP contribution in [-0.2, 0) is 27.6 Å². The Kier molecular flexibility index (Phi) is 8.42. The third kappa shape index (κ3) is 6.97. The van der Waals surface area contributed by atoms with Crippen molar-refractivity contribution >= 4 is 27.6 Å². The Morgan fingerprint density at radius 1 is 1.00 bits per heavy atom. The van der Waals surface area contributed by atoms with Gasteiger partial charge in [0.15, 0.2) is 0 Å². The van der Waals surface area contributed by atoms with Gasteiger partial charge in [-0.3, -0.25) is 4.79 Å². The van der Waals surface area contributed by atoms with Crippen LogP contribution in [-0.4, -0.2) is 39.5 Å². The largest absolute Gasteiger partial charge is 0.416 e. The van der Waals surface area contributed by atoms with Gasteiger partial charge in [-0.2, -0.15) is 21.6 Å². The third-order valence-electron chi connectivity index (χ3n) is 4.88. The van der Waals surface area contributed by atoms with Crippen molar-refractivity contribution < 1.29 is 35.3 Å². The van der Waals surface area contributed by atoms with E-state index in [1.165, 1.54) is 30.2 Å². The molecule has 0 heterocycles. The summed E-state index contributed by atoms with van der Waals surface area (Å²) in [4.78, 5) is 13.9. The van der Waals surface area contributed by atoms with Crippen LogP contribution < -0.4 is 4.18 Å². The van der Waals surface area contributed by atoms with Crippen LogP contribution >= 0.6 is 11.6 Å². The number of amides is 1. The molecule has 0 aliphatic heterocycles. The number of nitrogens with zero attached hydrogens (tertiary/aromatic N) is 1. The summed E-state index contributed by atoms with van der Waals surface area (Å²) in [6, 6.07) is 15.8.